The van der Waals surface area contributed by atoms with Crippen LogP contribution < -0.4 is 0 Å². The Kier molecular flexibility index (Phi) is 7.69. The summed E-state index contributed by atoms with van der Waals surface area (Å²) >= 11 is 0. The van der Waals surface area contributed by atoms with Crippen LogP contribution in [0, 0.1) is 35.1 Å². The minimum atomic E-state index is -0.992. The summed E-state index contributed by atoms with van der Waals surface area (Å²) in [6.45, 7) is 0. The molecule has 0 N–H and O–H groups in total. The van der Waals surface area contributed by atoms with E-state index < -0.39 is 17.2 Å². The minimum absolute atomic E-state index is 0. The molecule has 1 aliphatic rings. The summed E-state index contributed by atoms with van der Waals surface area (Å²) in [5, 5.41) is 12.7. The first kappa shape index (κ1) is 21.9. The Hall–Kier alpha value is -3.43. The van der Waals surface area contributed by atoms with Crippen molar-refractivity contribution in [2.24, 2.45) is 5.10 Å². The fraction of sp³-hybridized carbons (Fsp3) is 0.0500. The monoisotopic (exact) mass is 567 g/mol. The van der Waals surface area contributed by atoms with E-state index in [1.807, 2.05) is 31.3 Å². The Morgan fingerprint density at radius 3 is 2.48 bits per heavy atom. The fourth-order valence-electron chi connectivity index (χ4n) is 2.16. The number of hydrazone groups is 1. The Morgan fingerprint density at radius 2 is 1.90 bits per heavy atom. The molecule has 9 heteroatoms. The van der Waals surface area contributed by atoms with E-state index in [1.165, 1.54) is 18.5 Å². The molecule has 1 radical (unpaired) electrons. The van der Waals surface area contributed by atoms with E-state index in [0.29, 0.717) is 0 Å². The number of rotatable bonds is 2. The van der Waals surface area contributed by atoms with Crippen LogP contribution in [-0.2, 0) is 20.1 Å². The van der Waals surface area contributed by atoms with Crippen LogP contribution >= 0.6 is 0 Å². The molecule has 2 heterocycles. The van der Waals surface area contributed by atoms with Crippen molar-refractivity contribution in [3.05, 3.63) is 78.1 Å². The fourth-order valence-corrected chi connectivity index (χ4v) is 2.16. The van der Waals surface area contributed by atoms with Gasteiger partial charge in [0, 0.05) is 38.1 Å². The largest absolute Gasteiger partial charge is 0.420 e. The van der Waals surface area contributed by atoms with Gasteiger partial charge < -0.3 is 0 Å². The van der Waals surface area contributed by atoms with E-state index in [4.69, 9.17) is 5.26 Å². The van der Waals surface area contributed by atoms with Gasteiger partial charge in [-0.3, -0.25) is 18.7 Å². The molecule has 0 saturated heterocycles. The van der Waals surface area contributed by atoms with Gasteiger partial charge >= 0.3 is 12.3 Å². The van der Waals surface area contributed by atoms with Gasteiger partial charge in [-0.25, -0.2) is 0 Å². The maximum Gasteiger partial charge on any atom is 0.420 e. The summed E-state index contributed by atoms with van der Waals surface area (Å²) in [6.07, 6.45) is 4.54. The van der Waals surface area contributed by atoms with E-state index >= 15 is 0 Å². The molecule has 29 heavy (non-hydrogen) atoms. The number of hydrogen-bond acceptors (Lipinski definition) is 4. The van der Waals surface area contributed by atoms with Crippen LogP contribution in [0.4, 0.5) is 14.5 Å². The second-order valence-electron chi connectivity index (χ2n) is 5.39. The first-order valence-corrected chi connectivity index (χ1v) is 7.97. The molecule has 1 aromatic heterocycles. The average Bonchev–Trinajstić information content (AvgIpc) is 3.17. The molecular formula is C20H12F2IrN6. The van der Waals surface area contributed by atoms with Crippen molar-refractivity contribution in [3.63, 3.8) is 0 Å². The molecule has 3 aromatic rings. The molecule has 0 unspecified atom stereocenters. The standard InChI is InChI=1S/C11H4F2N3.C9H8N3.Ir/c12-9-3-2-7(10(13)8(9)6-14)11-15-4-1-5-16-11;1-11-7-10-12(8-11)9-5-3-2-4-6-9;/h1,3-5H;2-5,7H,1H3;/q-1;+1;. The molecule has 1 aliphatic heterocycles. The number of nitriles is 1. The van der Waals surface area contributed by atoms with Gasteiger partial charge in [-0.05, 0) is 6.07 Å². The van der Waals surface area contributed by atoms with Gasteiger partial charge in [0.2, 0.25) is 5.10 Å². The van der Waals surface area contributed by atoms with E-state index in [2.05, 4.69) is 33.2 Å². The molecule has 0 atom stereocenters. The van der Waals surface area contributed by atoms with Crippen LogP contribution in [0.25, 0.3) is 11.4 Å². The number of nitrogens with zero attached hydrogens (tertiary/aromatic N) is 6. The zero-order chi connectivity index (χ0) is 19.9. The molecule has 0 fully saturated rings. The molecule has 0 saturated carbocycles. The molecular weight excluding hydrogens is 554 g/mol. The first-order valence-electron chi connectivity index (χ1n) is 7.97. The molecule has 6 nitrogen and oxygen atoms in total. The summed E-state index contributed by atoms with van der Waals surface area (Å²) in [4.78, 5) is 7.60. The Labute approximate surface area is 179 Å². The van der Waals surface area contributed by atoms with Gasteiger partial charge in [-0.2, -0.15) is 23.5 Å². The van der Waals surface area contributed by atoms with E-state index in [-0.39, 0.29) is 31.5 Å². The normalized spacial score (nSPS) is 11.4. The molecule has 0 aliphatic carbocycles. The van der Waals surface area contributed by atoms with Crippen molar-refractivity contribution in [1.82, 2.24) is 9.97 Å². The van der Waals surface area contributed by atoms with Crippen molar-refractivity contribution in [1.29, 1.82) is 5.26 Å². The van der Waals surface area contributed by atoms with Gasteiger partial charge in [-0.1, -0.05) is 5.56 Å². The third kappa shape index (κ3) is 5.31. The van der Waals surface area contributed by atoms with Crippen LogP contribution in [-0.4, -0.2) is 38.6 Å². The molecule has 4 rings (SSSR count). The Morgan fingerprint density at radius 1 is 1.14 bits per heavy atom. The summed E-state index contributed by atoms with van der Waals surface area (Å²) in [7, 11) is 1.88. The predicted molar refractivity (Wildman–Crippen MR) is 95.8 cm³/mol. The summed E-state index contributed by atoms with van der Waals surface area (Å²) in [5.74, 6) is -1.87. The third-order valence-electron chi connectivity index (χ3n) is 3.44. The van der Waals surface area contributed by atoms with Crippen molar-refractivity contribution in [3.8, 4) is 17.5 Å². The topological polar surface area (TPSA) is 68.0 Å². The van der Waals surface area contributed by atoms with Crippen molar-refractivity contribution >= 4 is 18.0 Å². The SMILES string of the molecule is C[N+]1=C=[N+](c2[c-]cccc2)N=C1.N#Cc1c(F)c[c-]c(-c2ncccn2)c1F.[Ir]. The second kappa shape index (κ2) is 10.2. The Balaban J connectivity index is 0.000000207. The van der Waals surface area contributed by atoms with E-state index in [0.717, 1.165) is 11.8 Å². The molecule has 145 valence electrons. The van der Waals surface area contributed by atoms with Gasteiger partial charge in [0.15, 0.2) is 0 Å². The number of aromatic nitrogens is 2. The molecule has 0 amide bonds. The van der Waals surface area contributed by atoms with Crippen LogP contribution in [0.5, 0.6) is 0 Å². The van der Waals surface area contributed by atoms with E-state index in [1.54, 1.807) is 21.7 Å². The van der Waals surface area contributed by atoms with Crippen molar-refractivity contribution in [2.75, 3.05) is 7.05 Å². The zero-order valence-corrected chi connectivity index (χ0v) is 17.4. The number of benzene rings is 2. The second-order valence-corrected chi connectivity index (χ2v) is 5.39. The van der Waals surface area contributed by atoms with Gasteiger partial charge in [-0.15, -0.1) is 28.8 Å². The van der Waals surface area contributed by atoms with Crippen LogP contribution in [0.2, 0.25) is 0 Å². The molecule has 0 bridgehead atoms. The van der Waals surface area contributed by atoms with Crippen LogP contribution in [0.3, 0.4) is 0 Å². The van der Waals surface area contributed by atoms with Crippen molar-refractivity contribution in [2.45, 2.75) is 0 Å². The number of hydrogen-bond donors (Lipinski definition) is 0. The Bertz CT molecular complexity index is 1130. The number of para-hydroxylation sites is 1. The summed E-state index contributed by atoms with van der Waals surface area (Å²) in [5.41, 5.74) is 0.137. The predicted octanol–water partition coefficient (Wildman–Crippen LogP) is 3.00. The van der Waals surface area contributed by atoms with Gasteiger partial charge in [0.25, 0.3) is 0 Å². The average molecular weight is 567 g/mol. The maximum atomic E-state index is 13.6. The smallest absolute Gasteiger partial charge is 0.285 e. The minimum Gasteiger partial charge on any atom is -0.285 e. The number of halogens is 2. The molecule has 0 spiro atoms. The summed E-state index contributed by atoms with van der Waals surface area (Å²) < 4.78 is 30.1. The zero-order valence-electron chi connectivity index (χ0n) is 15.0. The third-order valence-corrected chi connectivity index (χ3v) is 3.44. The quantitative estimate of drug-likeness (QED) is 0.354. The first-order chi connectivity index (χ1) is 13.6. The van der Waals surface area contributed by atoms with Gasteiger partial charge in [0.05, 0.1) is 28.2 Å². The van der Waals surface area contributed by atoms with E-state index in [9.17, 15) is 8.78 Å². The van der Waals surface area contributed by atoms with Crippen LogP contribution in [0.1, 0.15) is 5.56 Å². The molecule has 2 aromatic carbocycles. The van der Waals surface area contributed by atoms with Crippen LogP contribution in [0.15, 0.2) is 53.9 Å². The van der Waals surface area contributed by atoms with Crippen molar-refractivity contribution < 1.29 is 38.1 Å². The summed E-state index contributed by atoms with van der Waals surface area (Å²) in [6, 6.07) is 20.0. The van der Waals surface area contributed by atoms with Gasteiger partial charge in [0.1, 0.15) is 12.7 Å². The maximum absolute atomic E-state index is 13.6.